The average Bonchev–Trinajstić information content (AvgIpc) is 2.39. The smallest absolute Gasteiger partial charge is 0.239 e. The number of ether oxygens (including phenoxy) is 1. The van der Waals surface area contributed by atoms with Gasteiger partial charge in [-0.15, -0.1) is 0 Å². The van der Waals surface area contributed by atoms with Crippen molar-refractivity contribution in [1.29, 1.82) is 5.26 Å². The van der Waals surface area contributed by atoms with Crippen molar-refractivity contribution in [3.8, 4) is 6.07 Å². The molecule has 0 aliphatic heterocycles. The first-order chi connectivity index (χ1) is 9.08. The number of hydrogen-bond donors (Lipinski definition) is 2. The van der Waals surface area contributed by atoms with Gasteiger partial charge in [0.05, 0.1) is 36.2 Å². The van der Waals surface area contributed by atoms with Gasteiger partial charge < -0.3 is 20.7 Å². The van der Waals surface area contributed by atoms with E-state index in [9.17, 15) is 4.79 Å². The lowest BCUT2D eigenvalue weighted by Crippen LogP contribution is -2.36. The van der Waals surface area contributed by atoms with Crippen molar-refractivity contribution in [1.82, 2.24) is 5.32 Å². The van der Waals surface area contributed by atoms with Gasteiger partial charge in [-0.1, -0.05) is 0 Å². The molecule has 0 saturated carbocycles. The van der Waals surface area contributed by atoms with Gasteiger partial charge in [0.15, 0.2) is 0 Å². The van der Waals surface area contributed by atoms with Crippen molar-refractivity contribution in [2.75, 3.05) is 44.5 Å². The average molecular weight is 262 g/mol. The number of amides is 1. The van der Waals surface area contributed by atoms with Crippen LogP contribution in [0.15, 0.2) is 18.2 Å². The molecule has 0 unspecified atom stereocenters. The van der Waals surface area contributed by atoms with Crippen molar-refractivity contribution in [2.45, 2.75) is 0 Å². The van der Waals surface area contributed by atoms with Crippen LogP contribution in [0.25, 0.3) is 0 Å². The normalized spacial score (nSPS) is 9.74. The number of carbonyl (C=O) groups excluding carboxylic acids is 1. The van der Waals surface area contributed by atoms with Gasteiger partial charge in [0.25, 0.3) is 0 Å². The summed E-state index contributed by atoms with van der Waals surface area (Å²) in [5.74, 6) is -0.124. The maximum atomic E-state index is 11.7. The standard InChI is InChI=1S/C13H18N4O2/c1-17(9-13(18)16-5-6-19-2)12-7-10(8-14)3-4-11(12)15/h3-4,7H,5-6,9,15H2,1-2H3,(H,16,18). The largest absolute Gasteiger partial charge is 0.397 e. The number of nitriles is 1. The molecule has 1 aromatic rings. The highest BCUT2D eigenvalue weighted by Gasteiger charge is 2.10. The van der Waals surface area contributed by atoms with Crippen molar-refractivity contribution >= 4 is 17.3 Å². The van der Waals surface area contributed by atoms with E-state index in [2.05, 4.69) is 5.32 Å². The van der Waals surface area contributed by atoms with Gasteiger partial charge in [-0.05, 0) is 18.2 Å². The van der Waals surface area contributed by atoms with Gasteiger partial charge in [0.1, 0.15) is 0 Å². The topological polar surface area (TPSA) is 91.4 Å². The Bertz CT molecular complexity index is 482. The summed E-state index contributed by atoms with van der Waals surface area (Å²) in [6, 6.07) is 7.01. The van der Waals surface area contributed by atoms with Crippen LogP contribution in [0.3, 0.4) is 0 Å². The minimum atomic E-state index is -0.124. The second-order valence-electron chi connectivity index (χ2n) is 4.08. The number of nitrogens with one attached hydrogen (secondary N) is 1. The van der Waals surface area contributed by atoms with Crippen LogP contribution < -0.4 is 16.0 Å². The Hall–Kier alpha value is -2.26. The fourth-order valence-electron chi connectivity index (χ4n) is 1.59. The van der Waals surface area contributed by atoms with E-state index in [0.29, 0.717) is 30.1 Å². The Morgan fingerprint density at radius 2 is 2.32 bits per heavy atom. The Balaban J connectivity index is 2.65. The molecule has 6 heteroatoms. The fourth-order valence-corrected chi connectivity index (χ4v) is 1.59. The Morgan fingerprint density at radius 1 is 1.58 bits per heavy atom. The lowest BCUT2D eigenvalue weighted by molar-refractivity contribution is -0.119. The van der Waals surface area contributed by atoms with Crippen LogP contribution in [0.4, 0.5) is 11.4 Å². The number of nitrogen functional groups attached to an aromatic ring is 1. The molecule has 0 atom stereocenters. The number of rotatable bonds is 6. The first kappa shape index (κ1) is 14.8. The quantitative estimate of drug-likeness (QED) is 0.570. The van der Waals surface area contributed by atoms with E-state index < -0.39 is 0 Å². The second-order valence-corrected chi connectivity index (χ2v) is 4.08. The van der Waals surface area contributed by atoms with Gasteiger partial charge >= 0.3 is 0 Å². The number of methoxy groups -OCH3 is 1. The molecule has 0 aliphatic rings. The maximum Gasteiger partial charge on any atom is 0.239 e. The van der Waals surface area contributed by atoms with Gasteiger partial charge in [-0.3, -0.25) is 4.79 Å². The first-order valence-electron chi connectivity index (χ1n) is 5.85. The van der Waals surface area contributed by atoms with Crippen LogP contribution >= 0.6 is 0 Å². The van der Waals surface area contributed by atoms with Crippen LogP contribution in [-0.4, -0.2) is 39.8 Å². The van der Waals surface area contributed by atoms with E-state index in [4.69, 9.17) is 15.7 Å². The third kappa shape index (κ3) is 4.48. The highest BCUT2D eigenvalue weighted by atomic mass is 16.5. The lowest BCUT2D eigenvalue weighted by Gasteiger charge is -2.20. The summed E-state index contributed by atoms with van der Waals surface area (Å²) in [4.78, 5) is 13.4. The zero-order valence-corrected chi connectivity index (χ0v) is 11.1. The van der Waals surface area contributed by atoms with Crippen LogP contribution in [0.2, 0.25) is 0 Å². The monoisotopic (exact) mass is 262 g/mol. The van der Waals surface area contributed by atoms with Gasteiger partial charge in [-0.25, -0.2) is 0 Å². The third-order valence-corrected chi connectivity index (χ3v) is 2.58. The van der Waals surface area contributed by atoms with Crippen molar-refractivity contribution in [3.05, 3.63) is 23.8 Å². The molecule has 0 aromatic heterocycles. The fraction of sp³-hybridized carbons (Fsp3) is 0.385. The zero-order valence-electron chi connectivity index (χ0n) is 11.1. The number of likely N-dealkylation sites (N-methyl/N-ethyl adjacent to an activating group) is 1. The van der Waals surface area contributed by atoms with E-state index in [1.165, 1.54) is 0 Å². The summed E-state index contributed by atoms with van der Waals surface area (Å²) in [5, 5.41) is 11.6. The summed E-state index contributed by atoms with van der Waals surface area (Å²) in [6.45, 7) is 1.11. The minimum Gasteiger partial charge on any atom is -0.397 e. The minimum absolute atomic E-state index is 0.124. The maximum absolute atomic E-state index is 11.7. The molecule has 0 radical (unpaired) electrons. The van der Waals surface area contributed by atoms with Crippen LogP contribution in [0.5, 0.6) is 0 Å². The van der Waals surface area contributed by atoms with Crippen LogP contribution in [0, 0.1) is 11.3 Å². The van der Waals surface area contributed by atoms with Crippen LogP contribution in [-0.2, 0) is 9.53 Å². The number of nitrogens with zero attached hydrogens (tertiary/aromatic N) is 2. The number of nitrogens with two attached hydrogens (primary N) is 1. The molecule has 0 bridgehead atoms. The van der Waals surface area contributed by atoms with E-state index in [0.717, 1.165) is 0 Å². The van der Waals surface area contributed by atoms with Crippen molar-refractivity contribution < 1.29 is 9.53 Å². The number of benzene rings is 1. The molecule has 1 rings (SSSR count). The van der Waals surface area contributed by atoms with E-state index in [1.54, 1.807) is 37.3 Å². The predicted octanol–water partition coefficient (Wildman–Crippen LogP) is 0.339. The van der Waals surface area contributed by atoms with Gasteiger partial charge in [-0.2, -0.15) is 5.26 Å². The molecule has 0 spiro atoms. The molecule has 0 aliphatic carbocycles. The van der Waals surface area contributed by atoms with Crippen LogP contribution in [0.1, 0.15) is 5.56 Å². The summed E-state index contributed by atoms with van der Waals surface area (Å²) in [5.41, 5.74) is 7.55. The Labute approximate surface area is 112 Å². The highest BCUT2D eigenvalue weighted by molar-refractivity contribution is 5.83. The Kier molecular flexibility index (Phi) is 5.64. The molecule has 0 heterocycles. The molecular formula is C13H18N4O2. The summed E-state index contributed by atoms with van der Waals surface area (Å²) in [7, 11) is 3.33. The summed E-state index contributed by atoms with van der Waals surface area (Å²) in [6.07, 6.45) is 0. The molecule has 1 amide bonds. The van der Waals surface area contributed by atoms with E-state index in [-0.39, 0.29) is 12.5 Å². The van der Waals surface area contributed by atoms with Gasteiger partial charge in [0, 0.05) is 20.7 Å². The van der Waals surface area contributed by atoms with Crippen molar-refractivity contribution in [3.63, 3.8) is 0 Å². The predicted molar refractivity (Wildman–Crippen MR) is 73.7 cm³/mol. The van der Waals surface area contributed by atoms with E-state index >= 15 is 0 Å². The first-order valence-corrected chi connectivity index (χ1v) is 5.85. The molecule has 19 heavy (non-hydrogen) atoms. The summed E-state index contributed by atoms with van der Waals surface area (Å²) < 4.78 is 4.85. The third-order valence-electron chi connectivity index (χ3n) is 2.58. The second kappa shape index (κ2) is 7.24. The number of anilines is 2. The molecule has 102 valence electrons. The highest BCUT2D eigenvalue weighted by Crippen LogP contribution is 2.22. The number of hydrogen-bond acceptors (Lipinski definition) is 5. The molecule has 0 saturated heterocycles. The van der Waals surface area contributed by atoms with Crippen molar-refractivity contribution in [2.24, 2.45) is 0 Å². The molecule has 6 nitrogen and oxygen atoms in total. The number of carbonyl (C=O) groups is 1. The zero-order chi connectivity index (χ0) is 14.3. The molecule has 0 fully saturated rings. The SMILES string of the molecule is COCCNC(=O)CN(C)c1cc(C#N)ccc1N. The van der Waals surface area contributed by atoms with Gasteiger partial charge in [0.2, 0.25) is 5.91 Å². The Morgan fingerprint density at radius 3 is 2.95 bits per heavy atom. The lowest BCUT2D eigenvalue weighted by atomic mass is 10.1. The molecule has 3 N–H and O–H groups in total. The molecular weight excluding hydrogens is 244 g/mol. The van der Waals surface area contributed by atoms with E-state index in [1.807, 2.05) is 6.07 Å². The molecule has 1 aromatic carbocycles. The summed E-state index contributed by atoms with van der Waals surface area (Å²) >= 11 is 0.